The summed E-state index contributed by atoms with van der Waals surface area (Å²) in [6.07, 6.45) is 1.93. The molecule has 0 saturated carbocycles. The summed E-state index contributed by atoms with van der Waals surface area (Å²) in [5.41, 5.74) is 0. The molecule has 0 radical (unpaired) electrons. The molecule has 6 heteroatoms. The van der Waals surface area contributed by atoms with Crippen LogP contribution in [0.4, 0.5) is 0 Å². The molecule has 0 aliphatic carbocycles. The molecule has 0 saturated heterocycles. The van der Waals surface area contributed by atoms with E-state index in [1.807, 2.05) is 37.4 Å². The van der Waals surface area contributed by atoms with Crippen LogP contribution in [0.3, 0.4) is 0 Å². The van der Waals surface area contributed by atoms with Crippen molar-refractivity contribution in [1.29, 1.82) is 0 Å². The highest BCUT2D eigenvalue weighted by molar-refractivity contribution is 9.10. The third-order valence-electron chi connectivity index (χ3n) is 2.61. The van der Waals surface area contributed by atoms with Crippen molar-refractivity contribution in [3.05, 3.63) is 28.7 Å². The molecule has 0 aliphatic heterocycles. The third-order valence-corrected chi connectivity index (χ3v) is 5.32. The van der Waals surface area contributed by atoms with Crippen molar-refractivity contribution in [3.63, 3.8) is 0 Å². The maximum absolute atomic E-state index is 11.8. The number of aliphatic hydroxyl groups is 1. The van der Waals surface area contributed by atoms with Gasteiger partial charge in [0.1, 0.15) is 0 Å². The van der Waals surface area contributed by atoms with Crippen LogP contribution in [-0.2, 0) is 4.79 Å². The number of hydrogen-bond donors (Lipinski definition) is 2. The second-order valence-electron chi connectivity index (χ2n) is 4.06. The maximum atomic E-state index is 11.8. The number of carbonyl (C=O) groups excluding carboxylic acids is 1. The molecule has 0 aliphatic rings. The van der Waals surface area contributed by atoms with Crippen LogP contribution in [0.15, 0.2) is 33.6 Å². The lowest BCUT2D eigenvalue weighted by atomic mass is 10.2. The van der Waals surface area contributed by atoms with Gasteiger partial charge in [0.25, 0.3) is 0 Å². The standard InChI is InChI=1S/C13H18BrNO2S2/c1-9(12(7-16)18-2)15-13(17)8-19-11-5-3-10(14)4-6-11/h3-6,9,12,16H,7-8H2,1-2H3,(H,15,17). The third kappa shape index (κ3) is 6.21. The number of amides is 1. The fraction of sp³-hybridized carbons (Fsp3) is 0.462. The minimum atomic E-state index is -0.0296. The zero-order valence-corrected chi connectivity index (χ0v) is 14.1. The predicted molar refractivity (Wildman–Crippen MR) is 86.9 cm³/mol. The van der Waals surface area contributed by atoms with Crippen molar-refractivity contribution in [2.75, 3.05) is 18.6 Å². The highest BCUT2D eigenvalue weighted by Gasteiger charge is 2.17. The van der Waals surface area contributed by atoms with Gasteiger partial charge in [-0.3, -0.25) is 4.79 Å². The van der Waals surface area contributed by atoms with E-state index in [2.05, 4.69) is 21.2 Å². The van der Waals surface area contributed by atoms with Crippen LogP contribution in [0.1, 0.15) is 6.92 Å². The molecule has 2 unspecified atom stereocenters. The average Bonchev–Trinajstić information content (AvgIpc) is 2.39. The Hall–Kier alpha value is -0.170. The Morgan fingerprint density at radius 3 is 2.58 bits per heavy atom. The number of halogens is 1. The van der Waals surface area contributed by atoms with Crippen LogP contribution < -0.4 is 5.32 Å². The van der Waals surface area contributed by atoms with Crippen LogP contribution >= 0.6 is 39.5 Å². The van der Waals surface area contributed by atoms with Crippen molar-refractivity contribution in [3.8, 4) is 0 Å². The predicted octanol–water partition coefficient (Wildman–Crippen LogP) is 2.77. The fourth-order valence-corrected chi connectivity index (χ4v) is 3.10. The normalized spacial score (nSPS) is 13.9. The molecule has 1 amide bonds. The van der Waals surface area contributed by atoms with Gasteiger partial charge in [0.05, 0.1) is 12.4 Å². The van der Waals surface area contributed by atoms with Crippen LogP contribution in [0, 0.1) is 0 Å². The molecule has 1 aromatic carbocycles. The summed E-state index contributed by atoms with van der Waals surface area (Å²) >= 11 is 6.44. The number of benzene rings is 1. The van der Waals surface area contributed by atoms with E-state index in [-0.39, 0.29) is 23.8 Å². The van der Waals surface area contributed by atoms with Gasteiger partial charge in [-0.1, -0.05) is 15.9 Å². The van der Waals surface area contributed by atoms with Crippen molar-refractivity contribution in [1.82, 2.24) is 5.32 Å². The molecular weight excluding hydrogens is 346 g/mol. The highest BCUT2D eigenvalue weighted by atomic mass is 79.9. The largest absolute Gasteiger partial charge is 0.395 e. The number of nitrogens with one attached hydrogen (secondary N) is 1. The minimum absolute atomic E-state index is 0.00656. The van der Waals surface area contributed by atoms with E-state index < -0.39 is 0 Å². The number of aliphatic hydroxyl groups excluding tert-OH is 1. The summed E-state index contributed by atoms with van der Waals surface area (Å²) in [7, 11) is 0. The SMILES string of the molecule is CSC(CO)C(C)NC(=O)CSc1ccc(Br)cc1. The molecule has 1 rings (SSSR count). The molecule has 1 aromatic rings. The first kappa shape index (κ1) is 16.9. The smallest absolute Gasteiger partial charge is 0.230 e. The highest BCUT2D eigenvalue weighted by Crippen LogP contribution is 2.20. The van der Waals surface area contributed by atoms with Crippen molar-refractivity contribution < 1.29 is 9.90 Å². The van der Waals surface area contributed by atoms with E-state index in [9.17, 15) is 4.79 Å². The van der Waals surface area contributed by atoms with Gasteiger partial charge >= 0.3 is 0 Å². The first-order valence-corrected chi connectivity index (χ1v) is 8.95. The first-order chi connectivity index (χ1) is 9.06. The Bertz CT molecular complexity index is 396. The van der Waals surface area contributed by atoms with E-state index in [4.69, 9.17) is 5.11 Å². The molecule has 0 bridgehead atoms. The number of hydrogen-bond acceptors (Lipinski definition) is 4. The van der Waals surface area contributed by atoms with Gasteiger partial charge in [0, 0.05) is 20.7 Å². The van der Waals surface area contributed by atoms with Crippen LogP contribution in [0.2, 0.25) is 0 Å². The summed E-state index contributed by atoms with van der Waals surface area (Å²) in [5.74, 6) is 0.381. The van der Waals surface area contributed by atoms with Gasteiger partial charge in [-0.25, -0.2) is 0 Å². The van der Waals surface area contributed by atoms with Gasteiger partial charge in [0.15, 0.2) is 0 Å². The Labute approximate surface area is 131 Å². The number of thioether (sulfide) groups is 2. The molecule has 0 aromatic heterocycles. The topological polar surface area (TPSA) is 49.3 Å². The van der Waals surface area contributed by atoms with E-state index in [0.29, 0.717) is 5.75 Å². The zero-order valence-electron chi connectivity index (χ0n) is 10.9. The van der Waals surface area contributed by atoms with E-state index in [1.165, 1.54) is 11.8 Å². The minimum Gasteiger partial charge on any atom is -0.395 e. The second-order valence-corrected chi connectivity index (χ2v) is 7.10. The lowest BCUT2D eigenvalue weighted by molar-refractivity contribution is -0.119. The van der Waals surface area contributed by atoms with Gasteiger partial charge in [-0.2, -0.15) is 11.8 Å². The van der Waals surface area contributed by atoms with Crippen LogP contribution in [0.5, 0.6) is 0 Å². The molecular formula is C13H18BrNO2S2. The van der Waals surface area contributed by atoms with Gasteiger partial charge in [-0.15, -0.1) is 11.8 Å². The molecule has 106 valence electrons. The van der Waals surface area contributed by atoms with Crippen molar-refractivity contribution in [2.45, 2.75) is 23.1 Å². The van der Waals surface area contributed by atoms with Gasteiger partial charge in [-0.05, 0) is 37.4 Å². The Kier molecular flexibility index (Phi) is 7.90. The quantitative estimate of drug-likeness (QED) is 0.731. The monoisotopic (exact) mass is 363 g/mol. The van der Waals surface area contributed by atoms with E-state index >= 15 is 0 Å². The number of carbonyl (C=O) groups is 1. The number of rotatable bonds is 7. The maximum Gasteiger partial charge on any atom is 0.230 e. The molecule has 0 heterocycles. The summed E-state index contributed by atoms with van der Waals surface area (Å²) in [6.45, 7) is 1.99. The molecule has 0 spiro atoms. The van der Waals surface area contributed by atoms with Gasteiger partial charge < -0.3 is 10.4 Å². The fourth-order valence-electron chi connectivity index (χ4n) is 1.51. The molecule has 19 heavy (non-hydrogen) atoms. The Morgan fingerprint density at radius 1 is 1.42 bits per heavy atom. The van der Waals surface area contributed by atoms with E-state index in [1.54, 1.807) is 11.8 Å². The van der Waals surface area contributed by atoms with E-state index in [0.717, 1.165) is 9.37 Å². The molecule has 0 fully saturated rings. The summed E-state index contributed by atoms with van der Waals surface area (Å²) in [5, 5.41) is 12.1. The Balaban J connectivity index is 2.37. The molecule has 3 nitrogen and oxygen atoms in total. The molecule has 2 N–H and O–H groups in total. The van der Waals surface area contributed by atoms with Crippen LogP contribution in [-0.4, -0.2) is 40.9 Å². The summed E-state index contributed by atoms with van der Waals surface area (Å²) in [4.78, 5) is 12.9. The second kappa shape index (κ2) is 8.89. The van der Waals surface area contributed by atoms with Crippen LogP contribution in [0.25, 0.3) is 0 Å². The molecule has 2 atom stereocenters. The summed E-state index contributed by atoms with van der Waals surface area (Å²) < 4.78 is 1.03. The lowest BCUT2D eigenvalue weighted by Crippen LogP contribution is -2.42. The lowest BCUT2D eigenvalue weighted by Gasteiger charge is -2.21. The zero-order chi connectivity index (χ0) is 14.3. The summed E-state index contributed by atoms with van der Waals surface area (Å²) in [6, 6.07) is 7.84. The van der Waals surface area contributed by atoms with Gasteiger partial charge in [0.2, 0.25) is 5.91 Å². The average molecular weight is 364 g/mol. The van der Waals surface area contributed by atoms with Crippen molar-refractivity contribution >= 4 is 45.4 Å². The Morgan fingerprint density at radius 2 is 2.05 bits per heavy atom. The van der Waals surface area contributed by atoms with Crippen molar-refractivity contribution in [2.24, 2.45) is 0 Å². The first-order valence-electron chi connectivity index (χ1n) is 5.88.